The number of nitrogens with two attached hydrogens (primary N) is 1. The summed E-state index contributed by atoms with van der Waals surface area (Å²) in [7, 11) is 3.16. The van der Waals surface area contributed by atoms with E-state index in [1.807, 2.05) is 25.1 Å². The number of nitrogens with zero attached hydrogens (tertiary/aromatic N) is 1. The molecule has 0 spiro atoms. The van der Waals surface area contributed by atoms with Crippen LogP contribution in [0.4, 0.5) is 11.4 Å². The number of ketones is 1. The highest BCUT2D eigenvalue weighted by molar-refractivity contribution is 6.01. The van der Waals surface area contributed by atoms with Crippen LogP contribution >= 0.6 is 0 Å². The number of benzene rings is 2. The van der Waals surface area contributed by atoms with Crippen LogP contribution in [-0.4, -0.2) is 30.5 Å². The summed E-state index contributed by atoms with van der Waals surface area (Å²) in [4.78, 5) is 25.0. The summed E-state index contributed by atoms with van der Waals surface area (Å²) in [6.07, 6.45) is 1.32. The summed E-state index contributed by atoms with van der Waals surface area (Å²) < 4.78 is 12.9. The highest BCUT2D eigenvalue weighted by Crippen LogP contribution is 2.39. The van der Waals surface area contributed by atoms with Crippen molar-refractivity contribution >= 4 is 23.1 Å². The van der Waals surface area contributed by atoms with Crippen LogP contribution in [0.25, 0.3) is 5.69 Å². The second-order valence-electron chi connectivity index (χ2n) is 9.21. The number of methoxy groups -OCH3 is 2. The van der Waals surface area contributed by atoms with Gasteiger partial charge in [0.25, 0.3) is 5.91 Å². The number of anilines is 2. The van der Waals surface area contributed by atoms with Gasteiger partial charge in [0.1, 0.15) is 11.5 Å². The smallest absolute Gasteiger partial charge is 0.250 e. The van der Waals surface area contributed by atoms with Crippen LogP contribution in [0.15, 0.2) is 42.5 Å². The third kappa shape index (κ3) is 4.18. The largest absolute Gasteiger partial charge is 0.497 e. The Morgan fingerprint density at radius 3 is 2.45 bits per heavy atom. The van der Waals surface area contributed by atoms with E-state index in [0.29, 0.717) is 34.9 Å². The van der Waals surface area contributed by atoms with Crippen LogP contribution < -0.4 is 20.5 Å². The zero-order valence-corrected chi connectivity index (χ0v) is 19.6. The van der Waals surface area contributed by atoms with Gasteiger partial charge in [0.05, 0.1) is 31.2 Å². The van der Waals surface area contributed by atoms with E-state index < -0.39 is 5.91 Å². The molecule has 7 nitrogen and oxygen atoms in total. The lowest BCUT2D eigenvalue weighted by molar-refractivity contribution is 0.0910. The van der Waals surface area contributed by atoms with Crippen molar-refractivity contribution in [3.63, 3.8) is 0 Å². The van der Waals surface area contributed by atoms with Crippen LogP contribution in [0, 0.1) is 12.3 Å². The third-order valence-corrected chi connectivity index (χ3v) is 6.08. The highest BCUT2D eigenvalue weighted by atomic mass is 16.5. The maximum absolute atomic E-state index is 12.8. The van der Waals surface area contributed by atoms with Crippen molar-refractivity contribution in [2.45, 2.75) is 33.6 Å². The van der Waals surface area contributed by atoms with Gasteiger partial charge in [-0.15, -0.1) is 0 Å². The van der Waals surface area contributed by atoms with E-state index in [4.69, 9.17) is 15.2 Å². The first-order chi connectivity index (χ1) is 15.6. The average molecular weight is 448 g/mol. The van der Waals surface area contributed by atoms with E-state index in [1.165, 1.54) is 0 Å². The van der Waals surface area contributed by atoms with Crippen molar-refractivity contribution in [1.82, 2.24) is 4.57 Å². The maximum Gasteiger partial charge on any atom is 0.250 e. The van der Waals surface area contributed by atoms with E-state index >= 15 is 0 Å². The fourth-order valence-electron chi connectivity index (χ4n) is 4.56. The lowest BCUT2D eigenvalue weighted by Crippen LogP contribution is -2.27. The van der Waals surface area contributed by atoms with Gasteiger partial charge in [0, 0.05) is 35.1 Å². The van der Waals surface area contributed by atoms with Gasteiger partial charge >= 0.3 is 0 Å². The molecule has 1 aliphatic rings. The van der Waals surface area contributed by atoms with Gasteiger partial charge in [-0.05, 0) is 55.2 Å². The Bertz CT molecular complexity index is 1260. The molecule has 2 aromatic carbocycles. The van der Waals surface area contributed by atoms with Crippen molar-refractivity contribution < 1.29 is 19.1 Å². The third-order valence-electron chi connectivity index (χ3n) is 6.08. The number of ether oxygens (including phenoxy) is 2. The number of carbonyl (C=O) groups is 2. The van der Waals surface area contributed by atoms with Gasteiger partial charge in [-0.25, -0.2) is 0 Å². The lowest BCUT2D eigenvalue weighted by Gasteiger charge is -2.30. The van der Waals surface area contributed by atoms with E-state index in [-0.39, 0.29) is 11.2 Å². The first kappa shape index (κ1) is 22.5. The molecule has 1 amide bonds. The lowest BCUT2D eigenvalue weighted by atomic mass is 9.76. The molecule has 0 aliphatic heterocycles. The molecule has 1 aliphatic carbocycles. The van der Waals surface area contributed by atoms with Crippen LogP contribution in [0.1, 0.15) is 52.4 Å². The van der Waals surface area contributed by atoms with Crippen molar-refractivity contribution in [3.05, 3.63) is 65.0 Å². The van der Waals surface area contributed by atoms with Gasteiger partial charge in [-0.1, -0.05) is 13.8 Å². The molecule has 1 heterocycles. The number of hydrogen-bond donors (Lipinski definition) is 2. The summed E-state index contributed by atoms with van der Waals surface area (Å²) in [5.74, 6) is 0.856. The minimum absolute atomic E-state index is 0.116. The summed E-state index contributed by atoms with van der Waals surface area (Å²) in [5.41, 5.74) is 10.6. The predicted molar refractivity (Wildman–Crippen MR) is 128 cm³/mol. The van der Waals surface area contributed by atoms with Gasteiger partial charge in [-0.2, -0.15) is 0 Å². The maximum atomic E-state index is 12.8. The molecule has 33 heavy (non-hydrogen) atoms. The predicted octanol–water partition coefficient (Wildman–Crippen LogP) is 4.80. The van der Waals surface area contributed by atoms with Crippen LogP contribution in [-0.2, 0) is 6.42 Å². The quantitative estimate of drug-likeness (QED) is 0.566. The van der Waals surface area contributed by atoms with Crippen LogP contribution in [0.2, 0.25) is 0 Å². The topological polar surface area (TPSA) is 95.6 Å². The van der Waals surface area contributed by atoms with E-state index in [1.54, 1.807) is 38.5 Å². The van der Waals surface area contributed by atoms with Crippen molar-refractivity contribution in [2.24, 2.45) is 11.1 Å². The summed E-state index contributed by atoms with van der Waals surface area (Å²) >= 11 is 0. The second kappa shape index (κ2) is 8.31. The number of aromatic nitrogens is 1. The standard InChI is InChI=1S/C26H29N3O4/c1-15-10-19-22(13-26(2,3)14-23(19)30)29(15)16-6-8-18(25(27)31)20(11-16)28-21-12-17(32-4)7-9-24(21)33-5/h6-12,28H,13-14H2,1-5H3,(H2,27,31). The van der Waals surface area contributed by atoms with Gasteiger partial charge in [-0.3, -0.25) is 9.59 Å². The number of nitrogens with one attached hydrogen (secondary N) is 1. The van der Waals surface area contributed by atoms with Crippen LogP contribution in [0.3, 0.4) is 0 Å². The highest BCUT2D eigenvalue weighted by Gasteiger charge is 2.34. The number of rotatable bonds is 6. The Hall–Kier alpha value is -3.74. The molecule has 0 atom stereocenters. The van der Waals surface area contributed by atoms with Crippen molar-refractivity contribution in [2.75, 3.05) is 19.5 Å². The number of carbonyl (C=O) groups excluding carboxylic acids is 2. The number of primary amides is 1. The fourth-order valence-corrected chi connectivity index (χ4v) is 4.56. The summed E-state index contributed by atoms with van der Waals surface area (Å²) in [6, 6.07) is 12.8. The molecule has 0 saturated carbocycles. The summed E-state index contributed by atoms with van der Waals surface area (Å²) in [6.45, 7) is 6.20. The van der Waals surface area contributed by atoms with Crippen LogP contribution in [0.5, 0.6) is 11.5 Å². The molecular weight excluding hydrogens is 418 g/mol. The van der Waals surface area contributed by atoms with E-state index in [9.17, 15) is 9.59 Å². The molecule has 3 N–H and O–H groups in total. The van der Waals surface area contributed by atoms with Gasteiger partial charge in [0.2, 0.25) is 0 Å². The van der Waals surface area contributed by atoms with E-state index in [0.717, 1.165) is 29.1 Å². The number of amides is 1. The number of Topliss-reactive ketones (excluding diaryl/α,β-unsaturated/α-hetero) is 1. The molecule has 3 aromatic rings. The molecule has 4 rings (SSSR count). The minimum atomic E-state index is -0.548. The Morgan fingerprint density at radius 1 is 1.03 bits per heavy atom. The van der Waals surface area contributed by atoms with E-state index in [2.05, 4.69) is 23.7 Å². The fraction of sp³-hybridized carbons (Fsp3) is 0.308. The molecule has 0 fully saturated rings. The molecule has 0 radical (unpaired) electrons. The Labute approximate surface area is 193 Å². The molecule has 172 valence electrons. The second-order valence-corrected chi connectivity index (χ2v) is 9.21. The molecule has 0 unspecified atom stereocenters. The van der Waals surface area contributed by atoms with Crippen molar-refractivity contribution in [3.8, 4) is 17.2 Å². The molecular formula is C26H29N3O4. The molecule has 0 saturated heterocycles. The Balaban J connectivity index is 1.85. The average Bonchev–Trinajstić information content (AvgIpc) is 3.08. The molecule has 0 bridgehead atoms. The minimum Gasteiger partial charge on any atom is -0.497 e. The Morgan fingerprint density at radius 2 is 1.79 bits per heavy atom. The number of aryl methyl sites for hydroxylation is 1. The first-order valence-electron chi connectivity index (χ1n) is 10.8. The summed E-state index contributed by atoms with van der Waals surface area (Å²) in [5, 5.41) is 3.29. The SMILES string of the molecule is COc1ccc(OC)c(Nc2cc(-n3c(C)cc4c3CC(C)(C)CC4=O)ccc2C(N)=O)c1. The normalized spacial score (nSPS) is 14.5. The zero-order chi connectivity index (χ0) is 23.9. The van der Waals surface area contributed by atoms with Crippen molar-refractivity contribution in [1.29, 1.82) is 0 Å². The van der Waals surface area contributed by atoms with Gasteiger partial charge in [0.15, 0.2) is 5.78 Å². The molecule has 7 heteroatoms. The first-order valence-corrected chi connectivity index (χ1v) is 10.8. The zero-order valence-electron chi connectivity index (χ0n) is 19.6. The number of fused-ring (bicyclic) bond motifs is 1. The van der Waals surface area contributed by atoms with Gasteiger partial charge < -0.3 is 25.1 Å². The Kier molecular flexibility index (Phi) is 5.66. The molecule has 1 aromatic heterocycles. The number of hydrogen-bond acceptors (Lipinski definition) is 5. The monoisotopic (exact) mass is 447 g/mol.